The summed E-state index contributed by atoms with van der Waals surface area (Å²) in [6.07, 6.45) is 8.09. The van der Waals surface area contributed by atoms with Crippen LogP contribution in [0.1, 0.15) is 35.1 Å². The first-order valence-electron chi connectivity index (χ1n) is 8.15. The molecule has 124 valence electrons. The van der Waals surface area contributed by atoms with Crippen molar-refractivity contribution in [3.05, 3.63) is 95.1 Å². The van der Waals surface area contributed by atoms with Crippen LogP contribution >= 0.6 is 0 Å². The summed E-state index contributed by atoms with van der Waals surface area (Å²) in [5.74, 6) is 0.111. The normalized spacial score (nSPS) is 12.1. The lowest BCUT2D eigenvalue weighted by molar-refractivity contribution is 0.949. The maximum atomic E-state index is 5.95. The van der Waals surface area contributed by atoms with Crippen LogP contribution in [0.15, 0.2) is 72.9 Å². The molecule has 0 aliphatic rings. The van der Waals surface area contributed by atoms with Crippen LogP contribution in [-0.2, 0) is 0 Å². The molecule has 24 heavy (non-hydrogen) atoms. The van der Waals surface area contributed by atoms with Gasteiger partial charge in [0.25, 0.3) is 0 Å². The summed E-state index contributed by atoms with van der Waals surface area (Å²) in [6.45, 7) is 10.1. The van der Waals surface area contributed by atoms with E-state index in [1.54, 1.807) is 0 Å². The highest BCUT2D eigenvalue weighted by Gasteiger charge is 2.21. The van der Waals surface area contributed by atoms with Crippen LogP contribution < -0.4 is 11.5 Å². The highest BCUT2D eigenvalue weighted by atomic mass is 14.5. The lowest BCUT2D eigenvalue weighted by Gasteiger charge is -2.24. The van der Waals surface area contributed by atoms with E-state index in [0.29, 0.717) is 0 Å². The molecule has 0 amide bonds. The van der Waals surface area contributed by atoms with E-state index >= 15 is 0 Å². The third-order valence-corrected chi connectivity index (χ3v) is 4.21. The van der Waals surface area contributed by atoms with Gasteiger partial charge in [0.15, 0.2) is 0 Å². The number of nitrogens with two attached hydrogens (primary N) is 2. The average molecular weight is 318 g/mol. The van der Waals surface area contributed by atoms with Crippen molar-refractivity contribution in [2.24, 2.45) is 0 Å². The van der Waals surface area contributed by atoms with E-state index in [9.17, 15) is 0 Å². The van der Waals surface area contributed by atoms with E-state index in [1.807, 2.05) is 37.3 Å². The SMILES string of the molecule is C=C/C=C(\C=C/C)C(c1ccc(N)cc1C)c1ccc(N)cc1C. The van der Waals surface area contributed by atoms with Crippen LogP contribution in [0.3, 0.4) is 0 Å². The summed E-state index contributed by atoms with van der Waals surface area (Å²) in [5.41, 5.74) is 19.5. The van der Waals surface area contributed by atoms with Crippen LogP contribution in [0.4, 0.5) is 11.4 Å². The van der Waals surface area contributed by atoms with Gasteiger partial charge in [0, 0.05) is 17.3 Å². The van der Waals surface area contributed by atoms with Gasteiger partial charge in [-0.25, -0.2) is 0 Å². The number of rotatable bonds is 5. The highest BCUT2D eigenvalue weighted by molar-refractivity contribution is 5.56. The number of hydrogen-bond acceptors (Lipinski definition) is 2. The van der Waals surface area contributed by atoms with Crippen molar-refractivity contribution in [3.63, 3.8) is 0 Å². The molecular weight excluding hydrogens is 292 g/mol. The van der Waals surface area contributed by atoms with Crippen molar-refractivity contribution in [2.75, 3.05) is 11.5 Å². The van der Waals surface area contributed by atoms with Gasteiger partial charge in [-0.2, -0.15) is 0 Å². The molecule has 0 bridgehead atoms. The Balaban J connectivity index is 2.73. The second kappa shape index (κ2) is 7.69. The topological polar surface area (TPSA) is 52.0 Å². The monoisotopic (exact) mass is 318 g/mol. The number of aryl methyl sites for hydroxylation is 2. The Labute approximate surface area is 145 Å². The minimum Gasteiger partial charge on any atom is -0.399 e. The van der Waals surface area contributed by atoms with Crippen LogP contribution in [0, 0.1) is 13.8 Å². The zero-order valence-electron chi connectivity index (χ0n) is 14.7. The average Bonchev–Trinajstić information content (AvgIpc) is 2.51. The zero-order chi connectivity index (χ0) is 17.7. The summed E-state index contributed by atoms with van der Waals surface area (Å²) in [4.78, 5) is 0. The minimum atomic E-state index is 0.111. The quantitative estimate of drug-likeness (QED) is 0.581. The van der Waals surface area contributed by atoms with Gasteiger partial charge in [-0.15, -0.1) is 0 Å². The number of hydrogen-bond donors (Lipinski definition) is 2. The Kier molecular flexibility index (Phi) is 5.64. The predicted octanol–water partition coefficient (Wildman–Crippen LogP) is 5.29. The lowest BCUT2D eigenvalue weighted by Crippen LogP contribution is -2.08. The molecule has 0 radical (unpaired) electrons. The zero-order valence-corrected chi connectivity index (χ0v) is 14.7. The maximum Gasteiger partial charge on any atom is 0.0345 e. The fourth-order valence-electron chi connectivity index (χ4n) is 3.15. The lowest BCUT2D eigenvalue weighted by atomic mass is 9.80. The Hall–Kier alpha value is -2.74. The van der Waals surface area contributed by atoms with E-state index < -0.39 is 0 Å². The number of nitrogen functional groups attached to an aromatic ring is 2. The number of anilines is 2. The second-order valence-corrected chi connectivity index (χ2v) is 6.07. The molecule has 0 saturated carbocycles. The molecule has 2 aromatic carbocycles. The molecule has 0 aliphatic carbocycles. The van der Waals surface area contributed by atoms with E-state index in [2.05, 4.69) is 50.8 Å². The molecule has 2 heteroatoms. The summed E-state index contributed by atoms with van der Waals surface area (Å²) < 4.78 is 0. The van der Waals surface area contributed by atoms with Crippen LogP contribution in [0.2, 0.25) is 0 Å². The Morgan fingerprint density at radius 2 is 1.46 bits per heavy atom. The fraction of sp³-hybridized carbons (Fsp3) is 0.182. The van der Waals surface area contributed by atoms with E-state index in [0.717, 1.165) is 11.4 Å². The Bertz CT molecular complexity index is 746. The standard InChI is InChI=1S/C22H26N2/c1-5-7-17(8-6-2)22(20-11-9-18(23)13-15(20)3)21-12-10-19(24)14-16(21)4/h5-14,22H,1,23-24H2,2-4H3/b8-6-,17-7+. The molecule has 4 N–H and O–H groups in total. The summed E-state index contributed by atoms with van der Waals surface area (Å²) >= 11 is 0. The van der Waals surface area contributed by atoms with Gasteiger partial charge in [-0.1, -0.05) is 43.0 Å². The Morgan fingerprint density at radius 3 is 1.83 bits per heavy atom. The van der Waals surface area contributed by atoms with E-state index in [4.69, 9.17) is 11.5 Å². The van der Waals surface area contributed by atoms with Crippen molar-refractivity contribution in [2.45, 2.75) is 26.7 Å². The molecule has 0 atom stereocenters. The minimum absolute atomic E-state index is 0.111. The molecule has 2 aromatic rings. The highest BCUT2D eigenvalue weighted by Crippen LogP contribution is 2.37. The molecule has 2 rings (SSSR count). The smallest absolute Gasteiger partial charge is 0.0345 e. The van der Waals surface area contributed by atoms with Gasteiger partial charge in [0.1, 0.15) is 0 Å². The third-order valence-electron chi connectivity index (χ3n) is 4.21. The van der Waals surface area contributed by atoms with E-state index in [-0.39, 0.29) is 5.92 Å². The van der Waals surface area contributed by atoms with Crippen molar-refractivity contribution in [3.8, 4) is 0 Å². The first-order valence-corrected chi connectivity index (χ1v) is 8.15. The summed E-state index contributed by atoms with van der Waals surface area (Å²) in [7, 11) is 0. The molecular formula is C22H26N2. The fourth-order valence-corrected chi connectivity index (χ4v) is 3.15. The molecule has 0 spiro atoms. The van der Waals surface area contributed by atoms with Gasteiger partial charge in [0.2, 0.25) is 0 Å². The molecule has 0 aliphatic heterocycles. The second-order valence-electron chi connectivity index (χ2n) is 6.07. The molecule has 0 heterocycles. The first-order chi connectivity index (χ1) is 11.5. The van der Waals surface area contributed by atoms with Crippen LogP contribution in [0.25, 0.3) is 0 Å². The molecule has 2 nitrogen and oxygen atoms in total. The van der Waals surface area contributed by atoms with Crippen LogP contribution in [-0.4, -0.2) is 0 Å². The van der Waals surface area contributed by atoms with Gasteiger partial charge < -0.3 is 11.5 Å². The summed E-state index contributed by atoms with van der Waals surface area (Å²) in [6, 6.07) is 12.2. The summed E-state index contributed by atoms with van der Waals surface area (Å²) in [5, 5.41) is 0. The molecule has 0 aromatic heterocycles. The maximum absolute atomic E-state index is 5.95. The molecule has 0 unspecified atom stereocenters. The Morgan fingerprint density at radius 1 is 0.958 bits per heavy atom. The van der Waals surface area contributed by atoms with Gasteiger partial charge in [0.05, 0.1) is 0 Å². The number of benzene rings is 2. The van der Waals surface area contributed by atoms with Gasteiger partial charge in [-0.05, 0) is 72.9 Å². The van der Waals surface area contributed by atoms with Gasteiger partial charge >= 0.3 is 0 Å². The first kappa shape index (κ1) is 17.6. The predicted molar refractivity (Wildman–Crippen MR) is 106 cm³/mol. The van der Waals surface area contributed by atoms with Crippen molar-refractivity contribution in [1.29, 1.82) is 0 Å². The largest absolute Gasteiger partial charge is 0.399 e. The van der Waals surface area contributed by atoms with Gasteiger partial charge in [-0.3, -0.25) is 0 Å². The van der Waals surface area contributed by atoms with Crippen molar-refractivity contribution >= 4 is 11.4 Å². The van der Waals surface area contributed by atoms with Crippen LogP contribution in [0.5, 0.6) is 0 Å². The number of allylic oxidation sites excluding steroid dienone is 5. The van der Waals surface area contributed by atoms with Crippen molar-refractivity contribution < 1.29 is 0 Å². The van der Waals surface area contributed by atoms with Crippen molar-refractivity contribution in [1.82, 2.24) is 0 Å². The third kappa shape index (κ3) is 3.77. The molecule has 0 saturated heterocycles. The molecule has 0 fully saturated rings. The van der Waals surface area contributed by atoms with E-state index in [1.165, 1.54) is 27.8 Å².